The molecule has 0 aromatic rings. The summed E-state index contributed by atoms with van der Waals surface area (Å²) < 4.78 is 39.4. The van der Waals surface area contributed by atoms with E-state index in [9.17, 15) is 28.9 Å². The van der Waals surface area contributed by atoms with Crippen LogP contribution in [0.3, 0.4) is 0 Å². The Morgan fingerprint density at radius 1 is 0.412 bits per heavy atom. The minimum absolute atomic E-state index is 0.153. The molecule has 0 aliphatic rings. The summed E-state index contributed by atoms with van der Waals surface area (Å²) in [5.74, 6) is -1.48. The van der Waals surface area contributed by atoms with Crippen LogP contribution < -0.4 is 0 Å². The zero-order chi connectivity index (χ0) is 49.9. The van der Waals surface area contributed by atoms with E-state index in [0.29, 0.717) is 19.3 Å². The molecule has 396 valence electrons. The van der Waals surface area contributed by atoms with Gasteiger partial charge < -0.3 is 24.2 Å². The van der Waals surface area contributed by atoms with E-state index in [0.717, 1.165) is 109 Å². The molecule has 0 radical (unpaired) electrons. The number of allylic oxidation sites excluding steroid dienone is 8. The second-order valence-electron chi connectivity index (χ2n) is 18.4. The summed E-state index contributed by atoms with van der Waals surface area (Å²) in [7, 11) is -4.75. The maximum atomic E-state index is 12.9. The zero-order valence-corrected chi connectivity index (χ0v) is 44.5. The van der Waals surface area contributed by atoms with Crippen molar-refractivity contribution in [3.05, 3.63) is 48.6 Å². The summed E-state index contributed by atoms with van der Waals surface area (Å²) >= 11 is 0. The van der Waals surface area contributed by atoms with Crippen LogP contribution in [0.4, 0.5) is 0 Å². The van der Waals surface area contributed by atoms with Crippen molar-refractivity contribution < 1.29 is 52.2 Å². The van der Waals surface area contributed by atoms with Crippen molar-refractivity contribution in [1.29, 1.82) is 0 Å². The van der Waals surface area contributed by atoms with Gasteiger partial charge in [0.1, 0.15) is 12.7 Å². The first-order chi connectivity index (χ1) is 33.2. The highest BCUT2D eigenvalue weighted by molar-refractivity contribution is 7.47. The fraction of sp³-hybridized carbons (Fsp3) is 0.804. The summed E-state index contributed by atoms with van der Waals surface area (Å²) in [6, 6.07) is 0. The Hall–Kier alpha value is -2.56. The third-order valence-electron chi connectivity index (χ3n) is 11.7. The molecule has 0 saturated heterocycles. The highest BCUT2D eigenvalue weighted by Gasteiger charge is 2.28. The van der Waals surface area contributed by atoms with E-state index in [-0.39, 0.29) is 25.9 Å². The van der Waals surface area contributed by atoms with Gasteiger partial charge in [0.05, 0.1) is 19.8 Å². The Kier molecular flexibility index (Phi) is 48.9. The molecular formula is C56H101O11P. The molecule has 11 nitrogen and oxygen atoms in total. The number of hydrogen-bond acceptors (Lipinski definition) is 10. The van der Waals surface area contributed by atoms with Crippen LogP contribution in [0.25, 0.3) is 0 Å². The van der Waals surface area contributed by atoms with Gasteiger partial charge in [-0.25, -0.2) is 4.57 Å². The van der Waals surface area contributed by atoms with Crippen LogP contribution in [-0.2, 0) is 42.2 Å². The zero-order valence-electron chi connectivity index (χ0n) is 43.6. The van der Waals surface area contributed by atoms with Crippen molar-refractivity contribution in [1.82, 2.24) is 0 Å². The van der Waals surface area contributed by atoms with E-state index < -0.39 is 57.8 Å². The van der Waals surface area contributed by atoms with Gasteiger partial charge in [-0.2, -0.15) is 0 Å². The Morgan fingerprint density at radius 2 is 0.750 bits per heavy atom. The summed E-state index contributed by atoms with van der Waals surface area (Å²) in [6.45, 7) is 4.53. The van der Waals surface area contributed by atoms with E-state index >= 15 is 0 Å². The molecule has 3 unspecified atom stereocenters. The quantitative estimate of drug-likeness (QED) is 0.0197. The molecule has 0 rings (SSSR count). The molecule has 68 heavy (non-hydrogen) atoms. The van der Waals surface area contributed by atoms with Gasteiger partial charge in [-0.3, -0.25) is 23.4 Å². The van der Waals surface area contributed by atoms with Crippen LogP contribution >= 0.6 is 7.82 Å². The van der Waals surface area contributed by atoms with Gasteiger partial charge in [0, 0.05) is 19.3 Å². The summed E-state index contributed by atoms with van der Waals surface area (Å²) in [4.78, 5) is 48.4. The molecule has 0 aliphatic heterocycles. The van der Waals surface area contributed by atoms with Crippen LogP contribution in [-0.4, -0.2) is 66.5 Å². The summed E-state index contributed by atoms with van der Waals surface area (Å²) in [5, 5.41) is 9.78. The number of aliphatic hydroxyl groups is 1. The number of ether oxygens (including phenoxy) is 3. The number of hydrogen-bond donors (Lipinski definition) is 2. The van der Waals surface area contributed by atoms with Crippen LogP contribution in [0.5, 0.6) is 0 Å². The van der Waals surface area contributed by atoms with Gasteiger partial charge in [0.15, 0.2) is 6.10 Å². The molecule has 0 saturated carbocycles. The number of aliphatic hydroxyl groups excluding tert-OH is 1. The lowest BCUT2D eigenvalue weighted by atomic mass is 10.0. The monoisotopic (exact) mass is 981 g/mol. The smallest absolute Gasteiger partial charge is 0.462 e. The Balaban J connectivity index is 4.75. The number of carbonyl (C=O) groups excluding carboxylic acids is 3. The van der Waals surface area contributed by atoms with E-state index in [2.05, 4.69) is 69.4 Å². The Morgan fingerprint density at radius 3 is 1.18 bits per heavy atom. The van der Waals surface area contributed by atoms with Gasteiger partial charge in [0.2, 0.25) is 0 Å². The van der Waals surface area contributed by atoms with Gasteiger partial charge in [-0.1, -0.05) is 204 Å². The van der Waals surface area contributed by atoms with Crippen LogP contribution in [0.15, 0.2) is 48.6 Å². The fourth-order valence-corrected chi connectivity index (χ4v) is 8.27. The summed E-state index contributed by atoms with van der Waals surface area (Å²) in [6.07, 6.45) is 52.1. The first kappa shape index (κ1) is 65.4. The predicted octanol–water partition coefficient (Wildman–Crippen LogP) is 15.8. The first-order valence-electron chi connectivity index (χ1n) is 27.5. The number of rotatable bonds is 51. The second kappa shape index (κ2) is 50.8. The molecular weight excluding hydrogens is 880 g/mol. The van der Waals surface area contributed by atoms with Gasteiger partial charge in [-0.05, 0) is 77.0 Å². The molecule has 12 heteroatoms. The molecule has 0 aliphatic carbocycles. The molecule has 0 amide bonds. The van der Waals surface area contributed by atoms with E-state index in [1.54, 1.807) is 0 Å². The maximum absolute atomic E-state index is 12.9. The number of phosphoric acid groups is 1. The molecule has 0 heterocycles. The van der Waals surface area contributed by atoms with Gasteiger partial charge >= 0.3 is 25.7 Å². The molecule has 2 N–H and O–H groups in total. The lowest BCUT2D eigenvalue weighted by Gasteiger charge is -2.21. The molecule has 0 aromatic carbocycles. The Labute approximate surface area is 415 Å². The van der Waals surface area contributed by atoms with Crippen LogP contribution in [0.2, 0.25) is 0 Å². The maximum Gasteiger partial charge on any atom is 0.472 e. The third kappa shape index (κ3) is 48.5. The topological polar surface area (TPSA) is 155 Å². The van der Waals surface area contributed by atoms with Crippen LogP contribution in [0, 0.1) is 0 Å². The lowest BCUT2D eigenvalue weighted by molar-refractivity contribution is -0.161. The molecule has 0 bridgehead atoms. The standard InChI is InChI=1S/C56H101O11P/c1-4-7-10-13-16-19-22-25-26-29-32-35-38-41-44-47-56(60)67-53(49-63-54(58)45-42-39-36-33-30-27-23-20-17-14-11-8-5-2)51-65-68(61,62)64-50-52(48-57)66-55(59)46-43-40-37-34-31-28-24-21-18-15-12-9-6-3/h12,15-16,19,21,24-26,52-53,57H,4-11,13-14,17-18,20,22-23,27-51H2,1-3H3,(H,61,62)/b15-12-,19-16-,24-21-,26-25-. The van der Waals surface area contributed by atoms with Crippen LogP contribution in [0.1, 0.15) is 252 Å². The number of unbranched alkanes of at least 4 members (excludes halogenated alkanes) is 26. The largest absolute Gasteiger partial charge is 0.472 e. The van der Waals surface area contributed by atoms with Crippen molar-refractivity contribution >= 4 is 25.7 Å². The van der Waals surface area contributed by atoms with Gasteiger partial charge in [-0.15, -0.1) is 0 Å². The Bertz CT molecular complexity index is 1330. The van der Waals surface area contributed by atoms with Crippen molar-refractivity contribution in [3.8, 4) is 0 Å². The van der Waals surface area contributed by atoms with Crippen molar-refractivity contribution in [2.24, 2.45) is 0 Å². The average Bonchev–Trinajstić information content (AvgIpc) is 3.32. The lowest BCUT2D eigenvalue weighted by Crippen LogP contribution is -2.30. The predicted molar refractivity (Wildman–Crippen MR) is 279 cm³/mol. The second-order valence-corrected chi connectivity index (χ2v) is 19.8. The third-order valence-corrected chi connectivity index (χ3v) is 12.7. The number of phosphoric ester groups is 1. The minimum Gasteiger partial charge on any atom is -0.462 e. The van der Waals surface area contributed by atoms with Crippen molar-refractivity contribution in [2.45, 2.75) is 264 Å². The van der Waals surface area contributed by atoms with Crippen molar-refractivity contribution in [3.63, 3.8) is 0 Å². The molecule has 0 spiro atoms. The van der Waals surface area contributed by atoms with E-state index in [1.807, 2.05) is 0 Å². The SMILES string of the molecule is CCC/C=C\C/C=C\CCCCCCCC(=O)OC(CO)COP(=O)(O)OCC(COC(=O)CCCCCCCCCCCCCCC)OC(=O)CCCCCCC/C=C\C/C=C\CCCCC. The number of esters is 3. The molecule has 0 aromatic heterocycles. The first-order valence-corrected chi connectivity index (χ1v) is 29.0. The molecule has 0 fully saturated rings. The fourth-order valence-electron chi connectivity index (χ4n) is 7.48. The van der Waals surface area contributed by atoms with Gasteiger partial charge in [0.25, 0.3) is 0 Å². The average molecular weight is 981 g/mol. The normalized spacial score (nSPS) is 13.8. The number of carbonyl (C=O) groups is 3. The van der Waals surface area contributed by atoms with Crippen molar-refractivity contribution in [2.75, 3.05) is 26.4 Å². The molecule has 3 atom stereocenters. The highest BCUT2D eigenvalue weighted by atomic mass is 31.2. The summed E-state index contributed by atoms with van der Waals surface area (Å²) in [5.41, 5.74) is 0. The minimum atomic E-state index is -4.75. The highest BCUT2D eigenvalue weighted by Crippen LogP contribution is 2.43. The van der Waals surface area contributed by atoms with E-state index in [4.69, 9.17) is 23.3 Å². The van der Waals surface area contributed by atoms with E-state index in [1.165, 1.54) is 83.5 Å².